The minimum absolute atomic E-state index is 0.0637. The van der Waals surface area contributed by atoms with E-state index in [2.05, 4.69) is 10.6 Å². The molecule has 2 N–H and O–H groups in total. The number of amides is 1. The first kappa shape index (κ1) is 15.8. The van der Waals surface area contributed by atoms with E-state index >= 15 is 0 Å². The van der Waals surface area contributed by atoms with Crippen molar-refractivity contribution < 1.29 is 14.3 Å². The van der Waals surface area contributed by atoms with Gasteiger partial charge < -0.3 is 20.1 Å². The second-order valence-corrected chi connectivity index (χ2v) is 5.39. The van der Waals surface area contributed by atoms with Gasteiger partial charge >= 0.3 is 0 Å². The molecule has 1 fully saturated rings. The van der Waals surface area contributed by atoms with Gasteiger partial charge in [0.15, 0.2) is 0 Å². The van der Waals surface area contributed by atoms with Gasteiger partial charge in [0, 0.05) is 32.0 Å². The quantitative estimate of drug-likeness (QED) is 0.846. The fraction of sp³-hybridized carbons (Fsp3) is 0.562. The molecule has 1 saturated carbocycles. The Morgan fingerprint density at radius 3 is 2.81 bits per heavy atom. The third kappa shape index (κ3) is 3.74. The molecule has 1 aromatic rings. The van der Waals surface area contributed by atoms with Crippen LogP contribution < -0.4 is 10.6 Å². The highest BCUT2D eigenvalue weighted by Crippen LogP contribution is 2.31. The van der Waals surface area contributed by atoms with Crippen molar-refractivity contribution in [3.05, 3.63) is 23.8 Å². The Bertz CT molecular complexity index is 504. The largest absolute Gasteiger partial charge is 0.379 e. The van der Waals surface area contributed by atoms with Gasteiger partial charge in [-0.05, 0) is 38.0 Å². The summed E-state index contributed by atoms with van der Waals surface area (Å²) in [5, 5.41) is 6.29. The molecule has 21 heavy (non-hydrogen) atoms. The van der Waals surface area contributed by atoms with Crippen LogP contribution in [0.15, 0.2) is 18.2 Å². The molecule has 0 aliphatic heterocycles. The van der Waals surface area contributed by atoms with E-state index in [4.69, 9.17) is 9.47 Å². The normalized spacial score (nSPS) is 24.3. The lowest BCUT2D eigenvalue weighted by Gasteiger charge is -2.44. The summed E-state index contributed by atoms with van der Waals surface area (Å²) in [6, 6.07) is 6.09. The van der Waals surface area contributed by atoms with Crippen LogP contribution >= 0.6 is 0 Å². The van der Waals surface area contributed by atoms with Crippen molar-refractivity contribution in [2.24, 2.45) is 0 Å². The van der Waals surface area contributed by atoms with E-state index in [0.717, 1.165) is 23.4 Å². The molecule has 1 aliphatic carbocycles. The van der Waals surface area contributed by atoms with E-state index < -0.39 is 0 Å². The second kappa shape index (κ2) is 6.91. The fourth-order valence-corrected chi connectivity index (χ4v) is 2.67. The number of rotatable bonds is 6. The van der Waals surface area contributed by atoms with Crippen molar-refractivity contribution in [2.45, 2.75) is 45.4 Å². The number of hydrogen-bond acceptors (Lipinski definition) is 4. The molecule has 5 nitrogen and oxygen atoms in total. The molecule has 116 valence electrons. The van der Waals surface area contributed by atoms with Gasteiger partial charge in [-0.1, -0.05) is 6.07 Å². The van der Waals surface area contributed by atoms with Crippen LogP contribution in [0.25, 0.3) is 0 Å². The average Bonchev–Trinajstić information content (AvgIpc) is 2.40. The summed E-state index contributed by atoms with van der Waals surface area (Å²) in [4.78, 5) is 11.1. The van der Waals surface area contributed by atoms with Gasteiger partial charge in [-0.25, -0.2) is 0 Å². The van der Waals surface area contributed by atoms with Crippen molar-refractivity contribution in [1.29, 1.82) is 0 Å². The summed E-state index contributed by atoms with van der Waals surface area (Å²) in [6.45, 7) is 6.25. The zero-order chi connectivity index (χ0) is 15.4. The maximum Gasteiger partial charge on any atom is 0.221 e. The van der Waals surface area contributed by atoms with Crippen LogP contribution in [-0.4, -0.2) is 37.9 Å². The van der Waals surface area contributed by atoms with E-state index in [1.54, 1.807) is 7.11 Å². The highest BCUT2D eigenvalue weighted by molar-refractivity contribution is 5.89. The molecular formula is C16H24N2O3. The molecule has 3 unspecified atom stereocenters. The number of carbonyl (C=O) groups is 1. The van der Waals surface area contributed by atoms with Gasteiger partial charge in [0.2, 0.25) is 5.91 Å². The molecular weight excluding hydrogens is 268 g/mol. The van der Waals surface area contributed by atoms with Crippen LogP contribution in [0.2, 0.25) is 0 Å². The van der Waals surface area contributed by atoms with Crippen molar-refractivity contribution in [2.75, 3.05) is 24.4 Å². The summed E-state index contributed by atoms with van der Waals surface area (Å²) in [5.41, 5.74) is 2.95. The highest BCUT2D eigenvalue weighted by atomic mass is 16.5. The molecule has 1 aliphatic rings. The van der Waals surface area contributed by atoms with E-state index in [-0.39, 0.29) is 24.2 Å². The molecule has 0 heterocycles. The smallest absolute Gasteiger partial charge is 0.221 e. The van der Waals surface area contributed by atoms with Crippen molar-refractivity contribution in [1.82, 2.24) is 0 Å². The summed E-state index contributed by atoms with van der Waals surface area (Å²) in [5.74, 6) is -0.0698. The fourth-order valence-electron chi connectivity index (χ4n) is 2.67. The Balaban J connectivity index is 2.04. The van der Waals surface area contributed by atoms with Crippen LogP contribution in [0.3, 0.4) is 0 Å². The zero-order valence-corrected chi connectivity index (χ0v) is 13.1. The molecule has 2 rings (SSSR count). The van der Waals surface area contributed by atoms with Crippen LogP contribution in [0.4, 0.5) is 11.4 Å². The number of anilines is 2. The van der Waals surface area contributed by atoms with Crippen molar-refractivity contribution in [3.8, 4) is 0 Å². The maximum atomic E-state index is 11.1. The predicted octanol–water partition coefficient (Wildman–Crippen LogP) is 2.56. The average molecular weight is 292 g/mol. The van der Waals surface area contributed by atoms with E-state index in [1.165, 1.54) is 6.92 Å². The van der Waals surface area contributed by atoms with Gasteiger partial charge in [-0.15, -0.1) is 0 Å². The van der Waals surface area contributed by atoms with E-state index in [1.807, 2.05) is 32.0 Å². The van der Waals surface area contributed by atoms with Gasteiger partial charge in [-0.3, -0.25) is 4.79 Å². The third-order valence-electron chi connectivity index (χ3n) is 3.80. The minimum Gasteiger partial charge on any atom is -0.379 e. The molecule has 1 amide bonds. The summed E-state index contributed by atoms with van der Waals surface area (Å²) in [6.07, 6.45) is 1.15. The monoisotopic (exact) mass is 292 g/mol. The first-order chi connectivity index (χ1) is 10.0. The Morgan fingerprint density at radius 2 is 2.19 bits per heavy atom. The number of methoxy groups -OCH3 is 1. The summed E-state index contributed by atoms with van der Waals surface area (Å²) in [7, 11) is 1.71. The van der Waals surface area contributed by atoms with Gasteiger partial charge in [0.1, 0.15) is 6.10 Å². The summed E-state index contributed by atoms with van der Waals surface area (Å²) < 4.78 is 11.1. The van der Waals surface area contributed by atoms with Crippen LogP contribution in [0, 0.1) is 6.92 Å². The highest BCUT2D eigenvalue weighted by Gasteiger charge is 2.42. The molecule has 0 bridgehead atoms. The SMILES string of the molecule is CCOC1CC(Nc2cc(NC(C)=O)ccc2C)C1OC. The second-order valence-electron chi connectivity index (χ2n) is 5.39. The number of nitrogens with one attached hydrogen (secondary N) is 2. The predicted molar refractivity (Wildman–Crippen MR) is 83.7 cm³/mol. The minimum atomic E-state index is -0.0698. The zero-order valence-electron chi connectivity index (χ0n) is 13.1. The molecule has 0 saturated heterocycles. The van der Waals surface area contributed by atoms with Crippen molar-refractivity contribution in [3.63, 3.8) is 0 Å². The third-order valence-corrected chi connectivity index (χ3v) is 3.80. The molecule has 0 aromatic heterocycles. The lowest BCUT2D eigenvalue weighted by atomic mass is 9.84. The molecule has 3 atom stereocenters. The molecule has 1 aromatic carbocycles. The molecule has 5 heteroatoms. The summed E-state index contributed by atoms with van der Waals surface area (Å²) >= 11 is 0. The molecule has 0 spiro atoms. The van der Waals surface area contributed by atoms with Gasteiger partial charge in [0.25, 0.3) is 0 Å². The number of benzene rings is 1. The van der Waals surface area contributed by atoms with E-state index in [0.29, 0.717) is 6.61 Å². The lowest BCUT2D eigenvalue weighted by Crippen LogP contribution is -2.56. The van der Waals surface area contributed by atoms with E-state index in [9.17, 15) is 4.79 Å². The number of ether oxygens (including phenoxy) is 2. The number of hydrogen-bond donors (Lipinski definition) is 2. The molecule has 0 radical (unpaired) electrons. The Morgan fingerprint density at radius 1 is 1.43 bits per heavy atom. The Kier molecular flexibility index (Phi) is 5.20. The first-order valence-corrected chi connectivity index (χ1v) is 7.34. The maximum absolute atomic E-state index is 11.1. The van der Waals surface area contributed by atoms with Gasteiger partial charge in [-0.2, -0.15) is 0 Å². The number of carbonyl (C=O) groups excluding carboxylic acids is 1. The van der Waals surface area contributed by atoms with Crippen LogP contribution in [0.1, 0.15) is 25.8 Å². The van der Waals surface area contributed by atoms with Crippen LogP contribution in [-0.2, 0) is 14.3 Å². The lowest BCUT2D eigenvalue weighted by molar-refractivity contribution is -0.118. The Labute approximate surface area is 126 Å². The van der Waals surface area contributed by atoms with Gasteiger partial charge in [0.05, 0.1) is 12.1 Å². The Hall–Kier alpha value is -1.59. The number of aryl methyl sites for hydroxylation is 1. The first-order valence-electron chi connectivity index (χ1n) is 7.34. The topological polar surface area (TPSA) is 59.6 Å². The standard InChI is InChI=1S/C16H24N2O3/c1-5-21-15-9-14(16(15)20-4)18-13-8-12(17-11(3)19)7-6-10(13)2/h6-8,14-16,18H,5,9H2,1-4H3,(H,17,19). The van der Waals surface area contributed by atoms with Crippen LogP contribution in [0.5, 0.6) is 0 Å². The van der Waals surface area contributed by atoms with Crippen molar-refractivity contribution >= 4 is 17.3 Å².